The van der Waals surface area contributed by atoms with Crippen molar-refractivity contribution in [2.75, 3.05) is 18.5 Å². The first kappa shape index (κ1) is 13.9. The minimum atomic E-state index is -0.312. The SMILES string of the molecule is C#CCNC(=O)Nc1ccc(OCCCC)cc1. The zero-order valence-corrected chi connectivity index (χ0v) is 10.5. The topological polar surface area (TPSA) is 50.4 Å². The summed E-state index contributed by atoms with van der Waals surface area (Å²) in [6.07, 6.45) is 7.18. The molecule has 2 N–H and O–H groups in total. The number of rotatable bonds is 6. The average Bonchev–Trinajstić information content (AvgIpc) is 2.39. The summed E-state index contributed by atoms with van der Waals surface area (Å²) in [7, 11) is 0. The number of hydrogen-bond acceptors (Lipinski definition) is 2. The van der Waals surface area contributed by atoms with Gasteiger partial charge in [-0.1, -0.05) is 19.3 Å². The van der Waals surface area contributed by atoms with Crippen LogP contribution in [0.25, 0.3) is 0 Å². The fourth-order valence-electron chi connectivity index (χ4n) is 1.28. The van der Waals surface area contributed by atoms with Crippen molar-refractivity contribution in [1.29, 1.82) is 0 Å². The van der Waals surface area contributed by atoms with Gasteiger partial charge in [-0.15, -0.1) is 6.42 Å². The number of carbonyl (C=O) groups is 1. The van der Waals surface area contributed by atoms with Gasteiger partial charge in [0.1, 0.15) is 5.75 Å². The summed E-state index contributed by atoms with van der Waals surface area (Å²) in [6, 6.07) is 6.92. The fourth-order valence-corrected chi connectivity index (χ4v) is 1.28. The maximum absolute atomic E-state index is 11.3. The lowest BCUT2D eigenvalue weighted by atomic mass is 10.3. The van der Waals surface area contributed by atoms with Crippen LogP contribution in [0.1, 0.15) is 19.8 Å². The largest absolute Gasteiger partial charge is 0.494 e. The molecule has 0 aliphatic heterocycles. The van der Waals surface area contributed by atoms with E-state index < -0.39 is 0 Å². The minimum Gasteiger partial charge on any atom is -0.494 e. The highest BCUT2D eigenvalue weighted by atomic mass is 16.5. The summed E-state index contributed by atoms with van der Waals surface area (Å²) < 4.78 is 5.52. The average molecular weight is 246 g/mol. The van der Waals surface area contributed by atoms with E-state index in [1.54, 1.807) is 12.1 Å². The van der Waals surface area contributed by atoms with Gasteiger partial charge in [0.15, 0.2) is 0 Å². The number of urea groups is 1. The van der Waals surface area contributed by atoms with Crippen LogP contribution in [0.5, 0.6) is 5.75 Å². The Balaban J connectivity index is 2.40. The predicted molar refractivity (Wildman–Crippen MR) is 72.7 cm³/mol. The number of terminal acetylenes is 1. The molecular weight excluding hydrogens is 228 g/mol. The molecule has 0 radical (unpaired) electrons. The van der Waals surface area contributed by atoms with Crippen LogP contribution in [-0.2, 0) is 0 Å². The second-order valence-corrected chi connectivity index (χ2v) is 3.74. The molecule has 0 aliphatic carbocycles. The summed E-state index contributed by atoms with van der Waals surface area (Å²) in [5, 5.41) is 5.19. The van der Waals surface area contributed by atoms with E-state index in [0.29, 0.717) is 12.3 Å². The summed E-state index contributed by atoms with van der Waals surface area (Å²) >= 11 is 0. The van der Waals surface area contributed by atoms with Gasteiger partial charge in [0, 0.05) is 5.69 Å². The summed E-state index contributed by atoms with van der Waals surface area (Å²) in [6.45, 7) is 3.04. The van der Waals surface area contributed by atoms with Crippen LogP contribution in [0.2, 0.25) is 0 Å². The molecule has 0 saturated heterocycles. The van der Waals surface area contributed by atoms with Gasteiger partial charge in [0.25, 0.3) is 0 Å². The third-order valence-corrected chi connectivity index (χ3v) is 2.23. The maximum atomic E-state index is 11.3. The molecule has 4 heteroatoms. The Bertz CT molecular complexity index is 407. The van der Waals surface area contributed by atoms with E-state index in [2.05, 4.69) is 23.5 Å². The zero-order valence-electron chi connectivity index (χ0n) is 10.5. The van der Waals surface area contributed by atoms with Crippen molar-refractivity contribution in [3.63, 3.8) is 0 Å². The number of unbranched alkanes of at least 4 members (excludes halogenated alkanes) is 1. The van der Waals surface area contributed by atoms with Gasteiger partial charge in [-0.25, -0.2) is 4.79 Å². The molecule has 0 atom stereocenters. The second-order valence-electron chi connectivity index (χ2n) is 3.74. The quantitative estimate of drug-likeness (QED) is 0.599. The van der Waals surface area contributed by atoms with Crippen LogP contribution in [0.15, 0.2) is 24.3 Å². The molecule has 0 unspecified atom stereocenters. The molecule has 4 nitrogen and oxygen atoms in total. The fraction of sp³-hybridized carbons (Fsp3) is 0.357. The van der Waals surface area contributed by atoms with E-state index in [1.807, 2.05) is 12.1 Å². The highest BCUT2D eigenvalue weighted by molar-refractivity contribution is 5.89. The first-order chi connectivity index (χ1) is 8.76. The molecule has 0 aliphatic rings. The molecule has 96 valence electrons. The number of carbonyl (C=O) groups excluding carboxylic acids is 1. The second kappa shape index (κ2) is 8.02. The lowest BCUT2D eigenvalue weighted by molar-refractivity contribution is 0.253. The number of amides is 2. The lowest BCUT2D eigenvalue weighted by Gasteiger charge is -2.08. The number of benzene rings is 1. The number of ether oxygens (including phenoxy) is 1. The lowest BCUT2D eigenvalue weighted by Crippen LogP contribution is -2.28. The van der Waals surface area contributed by atoms with Crippen LogP contribution >= 0.6 is 0 Å². The smallest absolute Gasteiger partial charge is 0.319 e. The molecule has 1 rings (SSSR count). The van der Waals surface area contributed by atoms with Crippen LogP contribution in [0, 0.1) is 12.3 Å². The third kappa shape index (κ3) is 5.26. The van der Waals surface area contributed by atoms with E-state index in [4.69, 9.17) is 11.2 Å². The van der Waals surface area contributed by atoms with E-state index in [0.717, 1.165) is 18.6 Å². The number of anilines is 1. The molecule has 18 heavy (non-hydrogen) atoms. The standard InChI is InChI=1S/C14H18N2O2/c1-3-5-11-18-13-8-6-12(7-9-13)16-14(17)15-10-4-2/h2,6-9H,3,5,10-11H2,1H3,(H2,15,16,17). The summed E-state index contributed by atoms with van der Waals surface area (Å²) in [4.78, 5) is 11.3. The molecule has 2 amide bonds. The van der Waals surface area contributed by atoms with Gasteiger partial charge in [0.05, 0.1) is 13.2 Å². The highest BCUT2D eigenvalue weighted by Gasteiger charge is 2.00. The minimum absolute atomic E-state index is 0.212. The van der Waals surface area contributed by atoms with Crippen LogP contribution in [-0.4, -0.2) is 19.2 Å². The van der Waals surface area contributed by atoms with Gasteiger partial charge in [-0.05, 0) is 30.7 Å². The number of nitrogens with one attached hydrogen (secondary N) is 2. The predicted octanol–water partition coefficient (Wildman–Crippen LogP) is 2.62. The van der Waals surface area contributed by atoms with E-state index in [1.165, 1.54) is 0 Å². The Labute approximate surface area is 108 Å². The Morgan fingerprint density at radius 3 is 2.72 bits per heavy atom. The highest BCUT2D eigenvalue weighted by Crippen LogP contribution is 2.15. The molecule has 0 heterocycles. The van der Waals surface area contributed by atoms with Gasteiger partial charge < -0.3 is 15.4 Å². The van der Waals surface area contributed by atoms with Crippen molar-refractivity contribution in [2.45, 2.75) is 19.8 Å². The van der Waals surface area contributed by atoms with Gasteiger partial charge in [0.2, 0.25) is 0 Å². The summed E-state index contributed by atoms with van der Waals surface area (Å²) in [5.74, 6) is 3.13. The van der Waals surface area contributed by atoms with Crippen LogP contribution in [0.3, 0.4) is 0 Å². The van der Waals surface area contributed by atoms with Gasteiger partial charge >= 0.3 is 6.03 Å². The normalized spacial score (nSPS) is 9.33. The third-order valence-electron chi connectivity index (χ3n) is 2.23. The van der Waals surface area contributed by atoms with E-state index >= 15 is 0 Å². The monoisotopic (exact) mass is 246 g/mol. The van der Waals surface area contributed by atoms with Crippen molar-refractivity contribution in [3.05, 3.63) is 24.3 Å². The van der Waals surface area contributed by atoms with E-state index in [9.17, 15) is 4.79 Å². The van der Waals surface area contributed by atoms with Crippen LogP contribution in [0.4, 0.5) is 10.5 Å². The van der Waals surface area contributed by atoms with E-state index in [-0.39, 0.29) is 12.6 Å². The summed E-state index contributed by atoms with van der Waals surface area (Å²) in [5.41, 5.74) is 0.701. The van der Waals surface area contributed by atoms with Crippen molar-refractivity contribution in [2.24, 2.45) is 0 Å². The Morgan fingerprint density at radius 1 is 1.39 bits per heavy atom. The molecule has 0 aromatic heterocycles. The van der Waals surface area contributed by atoms with Crippen LogP contribution < -0.4 is 15.4 Å². The van der Waals surface area contributed by atoms with Crippen molar-refractivity contribution in [3.8, 4) is 18.1 Å². The Morgan fingerprint density at radius 2 is 2.11 bits per heavy atom. The molecular formula is C14H18N2O2. The Hall–Kier alpha value is -2.15. The Kier molecular flexibility index (Phi) is 6.20. The number of hydrogen-bond donors (Lipinski definition) is 2. The first-order valence-corrected chi connectivity index (χ1v) is 5.97. The van der Waals surface area contributed by atoms with Crippen molar-refractivity contribution in [1.82, 2.24) is 5.32 Å². The van der Waals surface area contributed by atoms with Crippen molar-refractivity contribution >= 4 is 11.7 Å². The molecule has 0 spiro atoms. The molecule has 0 fully saturated rings. The zero-order chi connectivity index (χ0) is 13.2. The molecule has 0 bridgehead atoms. The molecule has 1 aromatic rings. The molecule has 0 saturated carbocycles. The maximum Gasteiger partial charge on any atom is 0.319 e. The first-order valence-electron chi connectivity index (χ1n) is 5.97. The van der Waals surface area contributed by atoms with Gasteiger partial charge in [-0.2, -0.15) is 0 Å². The van der Waals surface area contributed by atoms with Gasteiger partial charge in [-0.3, -0.25) is 0 Å². The molecule has 1 aromatic carbocycles. The van der Waals surface area contributed by atoms with Crippen molar-refractivity contribution < 1.29 is 9.53 Å².